The number of hydrogen-bond acceptors (Lipinski definition) is 2. The lowest BCUT2D eigenvalue weighted by molar-refractivity contribution is 0.0788. The van der Waals surface area contributed by atoms with Gasteiger partial charge in [0.15, 0.2) is 6.23 Å². The molecule has 0 bridgehead atoms. The van der Waals surface area contributed by atoms with Crippen LogP contribution in [0.5, 0.6) is 5.88 Å². The number of aromatic nitrogens is 2. The van der Waals surface area contributed by atoms with Crippen LogP contribution in [0.1, 0.15) is 33.4 Å². The molecule has 0 aliphatic heterocycles. The largest absolute Gasteiger partial charge is 0.453 e. The summed E-state index contributed by atoms with van der Waals surface area (Å²) in [5.41, 5.74) is 0.185. The van der Waals surface area contributed by atoms with Gasteiger partial charge in [-0.15, -0.1) is 0 Å². The molecule has 1 atom stereocenters. The maximum absolute atomic E-state index is 6.02. The van der Waals surface area contributed by atoms with Crippen molar-refractivity contribution in [3.63, 3.8) is 0 Å². The van der Waals surface area contributed by atoms with Crippen LogP contribution in [0.2, 0.25) is 0 Å². The first-order chi connectivity index (χ1) is 8.94. The molecule has 0 aliphatic rings. The van der Waals surface area contributed by atoms with Gasteiger partial charge in [0.05, 0.1) is 0 Å². The van der Waals surface area contributed by atoms with E-state index in [1.54, 1.807) is 6.20 Å². The normalized spacial score (nSPS) is 13.3. The van der Waals surface area contributed by atoms with Crippen molar-refractivity contribution in [1.29, 1.82) is 0 Å². The quantitative estimate of drug-likeness (QED) is 0.818. The molecule has 0 aliphatic carbocycles. The van der Waals surface area contributed by atoms with E-state index in [0.29, 0.717) is 5.88 Å². The second-order valence-electron chi connectivity index (χ2n) is 5.78. The van der Waals surface area contributed by atoms with Gasteiger partial charge in [0, 0.05) is 35.6 Å². The zero-order valence-electron chi connectivity index (χ0n) is 11.5. The van der Waals surface area contributed by atoms with Crippen molar-refractivity contribution in [2.24, 2.45) is 5.41 Å². The average Bonchev–Trinajstić information content (AvgIpc) is 2.83. The zero-order valence-corrected chi connectivity index (χ0v) is 13.1. The second-order valence-corrected chi connectivity index (χ2v) is 6.70. The van der Waals surface area contributed by atoms with E-state index in [0.717, 1.165) is 10.9 Å². The van der Waals surface area contributed by atoms with E-state index in [1.165, 1.54) is 0 Å². The first kappa shape index (κ1) is 14.1. The van der Waals surface area contributed by atoms with Crippen LogP contribution < -0.4 is 4.74 Å². The maximum atomic E-state index is 6.02. The van der Waals surface area contributed by atoms with Gasteiger partial charge in [0.1, 0.15) is 0 Å². The number of nitrogens with zero attached hydrogens (tertiary/aromatic N) is 2. The van der Waals surface area contributed by atoms with Crippen LogP contribution in [0.15, 0.2) is 47.3 Å². The van der Waals surface area contributed by atoms with Crippen molar-refractivity contribution in [3.05, 3.63) is 47.3 Å². The monoisotopic (exact) mass is 322 g/mol. The molecule has 0 spiro atoms. The smallest absolute Gasteiger partial charge is 0.215 e. The molecule has 2 rings (SSSR count). The van der Waals surface area contributed by atoms with Crippen LogP contribution in [0.3, 0.4) is 0 Å². The molecule has 4 heteroatoms. The molecular weight excluding hydrogens is 304 g/mol. The van der Waals surface area contributed by atoms with Crippen molar-refractivity contribution in [2.75, 3.05) is 0 Å². The highest BCUT2D eigenvalue weighted by Gasteiger charge is 2.21. The summed E-state index contributed by atoms with van der Waals surface area (Å²) in [7, 11) is 0. The summed E-state index contributed by atoms with van der Waals surface area (Å²) in [6.07, 6.45) is 6.67. The Morgan fingerprint density at radius 3 is 2.47 bits per heavy atom. The fourth-order valence-electron chi connectivity index (χ4n) is 1.84. The van der Waals surface area contributed by atoms with E-state index in [-0.39, 0.29) is 11.6 Å². The molecular formula is C15H19BrN2O. The van der Waals surface area contributed by atoms with Crippen LogP contribution >= 0.6 is 15.9 Å². The summed E-state index contributed by atoms with van der Waals surface area (Å²) in [5, 5.41) is 0. The minimum atomic E-state index is -0.0383. The Morgan fingerprint density at radius 1 is 1.26 bits per heavy atom. The minimum Gasteiger partial charge on any atom is -0.453 e. The number of halogens is 1. The molecule has 2 aromatic rings. The molecule has 19 heavy (non-hydrogen) atoms. The molecule has 0 radical (unpaired) electrons. The summed E-state index contributed by atoms with van der Waals surface area (Å²) in [6.45, 7) is 6.63. The summed E-state index contributed by atoms with van der Waals surface area (Å²) >= 11 is 3.38. The molecule has 102 valence electrons. The van der Waals surface area contributed by atoms with Crippen molar-refractivity contribution >= 4 is 15.9 Å². The Balaban J connectivity index is 2.16. The van der Waals surface area contributed by atoms with E-state index in [4.69, 9.17) is 4.74 Å². The Morgan fingerprint density at radius 2 is 1.95 bits per heavy atom. The maximum Gasteiger partial charge on any atom is 0.215 e. The first-order valence-electron chi connectivity index (χ1n) is 6.35. The predicted molar refractivity (Wildman–Crippen MR) is 80.1 cm³/mol. The van der Waals surface area contributed by atoms with Crippen LogP contribution in [-0.2, 0) is 0 Å². The molecule has 0 N–H and O–H groups in total. The number of ether oxygens (including phenoxy) is 1. The second kappa shape index (κ2) is 5.78. The lowest BCUT2D eigenvalue weighted by atomic mass is 9.91. The molecule has 0 amide bonds. The van der Waals surface area contributed by atoms with Gasteiger partial charge in [-0.1, -0.05) is 20.8 Å². The van der Waals surface area contributed by atoms with Crippen molar-refractivity contribution in [2.45, 2.75) is 33.4 Å². The number of hydrogen-bond donors (Lipinski definition) is 0. The number of pyridine rings is 1. The Bertz CT molecular complexity index is 500. The van der Waals surface area contributed by atoms with Crippen molar-refractivity contribution in [1.82, 2.24) is 9.55 Å². The van der Waals surface area contributed by atoms with Gasteiger partial charge in [-0.2, -0.15) is 0 Å². The first-order valence-corrected chi connectivity index (χ1v) is 7.14. The molecule has 0 fully saturated rings. The van der Waals surface area contributed by atoms with Crippen LogP contribution in [0, 0.1) is 5.41 Å². The van der Waals surface area contributed by atoms with E-state index < -0.39 is 0 Å². The van der Waals surface area contributed by atoms with E-state index in [9.17, 15) is 0 Å². The molecule has 0 saturated heterocycles. The zero-order chi connectivity index (χ0) is 13.9. The van der Waals surface area contributed by atoms with Gasteiger partial charge >= 0.3 is 0 Å². The molecule has 2 aromatic heterocycles. The average molecular weight is 323 g/mol. The molecule has 0 aromatic carbocycles. The highest BCUT2D eigenvalue weighted by atomic mass is 79.9. The Labute approximate surface area is 122 Å². The fraction of sp³-hybridized carbons (Fsp3) is 0.400. The fourth-order valence-corrected chi connectivity index (χ4v) is 2.08. The third kappa shape index (κ3) is 4.39. The van der Waals surface area contributed by atoms with Gasteiger partial charge in [-0.05, 0) is 39.5 Å². The number of rotatable bonds is 4. The summed E-state index contributed by atoms with van der Waals surface area (Å²) in [5.74, 6) is 0.645. The van der Waals surface area contributed by atoms with Gasteiger partial charge in [0.25, 0.3) is 0 Å². The van der Waals surface area contributed by atoms with E-state index >= 15 is 0 Å². The Hall–Kier alpha value is -1.29. The van der Waals surface area contributed by atoms with Crippen LogP contribution in [-0.4, -0.2) is 9.55 Å². The summed E-state index contributed by atoms with van der Waals surface area (Å²) in [6, 6.07) is 7.83. The van der Waals surface area contributed by atoms with Gasteiger partial charge in [-0.3, -0.25) is 0 Å². The molecule has 3 nitrogen and oxygen atoms in total. The third-order valence-corrected chi connectivity index (χ3v) is 3.17. The van der Waals surface area contributed by atoms with E-state index in [2.05, 4.69) is 46.3 Å². The lowest BCUT2D eigenvalue weighted by Crippen LogP contribution is -2.21. The molecule has 0 saturated carbocycles. The lowest BCUT2D eigenvalue weighted by Gasteiger charge is -2.27. The molecule has 1 unspecified atom stereocenters. The summed E-state index contributed by atoms with van der Waals surface area (Å²) in [4.78, 5) is 4.28. The SMILES string of the molecule is CC(C)(C)CC(Oc1ccc(Br)cn1)n1cccc1. The van der Waals surface area contributed by atoms with Gasteiger partial charge < -0.3 is 9.30 Å². The summed E-state index contributed by atoms with van der Waals surface area (Å²) < 4.78 is 9.05. The topological polar surface area (TPSA) is 27.1 Å². The highest BCUT2D eigenvalue weighted by Crippen LogP contribution is 2.29. The van der Waals surface area contributed by atoms with E-state index in [1.807, 2.05) is 36.7 Å². The highest BCUT2D eigenvalue weighted by molar-refractivity contribution is 9.10. The van der Waals surface area contributed by atoms with Gasteiger partial charge in [-0.25, -0.2) is 4.98 Å². The van der Waals surface area contributed by atoms with Crippen molar-refractivity contribution < 1.29 is 4.74 Å². The minimum absolute atomic E-state index is 0.0383. The third-order valence-electron chi connectivity index (χ3n) is 2.70. The standard InChI is InChI=1S/C15H19BrN2O/c1-15(2,3)10-14(18-8-4-5-9-18)19-13-7-6-12(16)11-17-13/h4-9,11,14H,10H2,1-3H3. The van der Waals surface area contributed by atoms with Crippen molar-refractivity contribution in [3.8, 4) is 5.88 Å². The Kier molecular flexibility index (Phi) is 4.30. The van der Waals surface area contributed by atoms with Crippen LogP contribution in [0.4, 0.5) is 0 Å². The predicted octanol–water partition coefficient (Wildman–Crippen LogP) is 4.66. The van der Waals surface area contributed by atoms with Crippen LogP contribution in [0.25, 0.3) is 0 Å². The van der Waals surface area contributed by atoms with Gasteiger partial charge in [0.2, 0.25) is 5.88 Å². The molecule has 2 heterocycles.